The van der Waals surface area contributed by atoms with Gasteiger partial charge in [0.05, 0.1) is 0 Å². The lowest BCUT2D eigenvalue weighted by molar-refractivity contribution is -0.121. The molecule has 0 saturated heterocycles. The lowest BCUT2D eigenvalue weighted by Crippen LogP contribution is -2.17. The fourth-order valence-corrected chi connectivity index (χ4v) is 1.01. The van der Waals surface area contributed by atoms with E-state index in [9.17, 15) is 4.79 Å². The molecule has 0 spiro atoms. The van der Waals surface area contributed by atoms with Gasteiger partial charge < -0.3 is 5.11 Å². The van der Waals surface area contributed by atoms with Crippen LogP contribution in [0, 0.1) is 5.41 Å². The first-order chi connectivity index (χ1) is 6.89. The van der Waals surface area contributed by atoms with E-state index in [0.717, 1.165) is 5.56 Å². The number of carbonyl (C=O) groups excluding carboxylic acids is 1. The zero-order chi connectivity index (χ0) is 11.5. The summed E-state index contributed by atoms with van der Waals surface area (Å²) in [5.41, 5.74) is 0.568. The van der Waals surface area contributed by atoms with Crippen LogP contribution in [0.25, 0.3) is 6.08 Å². The molecule has 0 aliphatic heterocycles. The number of phenols is 1. The number of allylic oxidation sites excluding steroid dienone is 1. The third kappa shape index (κ3) is 3.58. The predicted octanol–water partition coefficient (Wildman–Crippen LogP) is 3.02. The molecule has 0 saturated carbocycles. The van der Waals surface area contributed by atoms with Crippen LogP contribution in [0.1, 0.15) is 26.3 Å². The molecule has 2 heteroatoms. The first-order valence-electron chi connectivity index (χ1n) is 4.91. The highest BCUT2D eigenvalue weighted by molar-refractivity contribution is 5.97. The van der Waals surface area contributed by atoms with Crippen LogP contribution in [0.4, 0.5) is 0 Å². The van der Waals surface area contributed by atoms with Gasteiger partial charge in [-0.2, -0.15) is 0 Å². The van der Waals surface area contributed by atoms with Gasteiger partial charge in [0.25, 0.3) is 0 Å². The highest BCUT2D eigenvalue weighted by atomic mass is 16.3. The molecule has 1 rings (SSSR count). The minimum Gasteiger partial charge on any atom is -0.508 e. The Balaban J connectivity index is 2.74. The van der Waals surface area contributed by atoms with Crippen molar-refractivity contribution in [1.29, 1.82) is 0 Å². The van der Waals surface area contributed by atoms with Gasteiger partial charge in [0.1, 0.15) is 5.75 Å². The molecule has 15 heavy (non-hydrogen) atoms. The number of rotatable bonds is 2. The third-order valence-electron chi connectivity index (χ3n) is 2.06. The number of aromatic hydroxyl groups is 1. The number of benzene rings is 1. The van der Waals surface area contributed by atoms with E-state index in [1.54, 1.807) is 36.4 Å². The number of phenolic OH excluding ortho intramolecular Hbond substituents is 1. The van der Waals surface area contributed by atoms with E-state index in [-0.39, 0.29) is 16.9 Å². The Morgan fingerprint density at radius 3 is 2.20 bits per heavy atom. The number of ketones is 1. The lowest BCUT2D eigenvalue weighted by Gasteiger charge is -2.12. The second-order valence-corrected chi connectivity index (χ2v) is 4.54. The summed E-state index contributed by atoms with van der Waals surface area (Å²) in [5.74, 6) is 0.324. The quantitative estimate of drug-likeness (QED) is 0.752. The van der Waals surface area contributed by atoms with E-state index in [1.807, 2.05) is 20.8 Å². The Kier molecular flexibility index (Phi) is 3.30. The molecule has 0 aliphatic rings. The van der Waals surface area contributed by atoms with Crippen LogP contribution in [-0.4, -0.2) is 10.9 Å². The van der Waals surface area contributed by atoms with E-state index in [2.05, 4.69) is 0 Å². The SMILES string of the molecule is CC(C)(C)C(=O)C=Cc1ccc(O)cc1. The first-order valence-corrected chi connectivity index (χ1v) is 4.91. The molecule has 0 atom stereocenters. The number of hydrogen-bond donors (Lipinski definition) is 1. The molecule has 0 amide bonds. The molecular weight excluding hydrogens is 188 g/mol. The van der Waals surface area contributed by atoms with Crippen molar-refractivity contribution in [1.82, 2.24) is 0 Å². The standard InChI is InChI=1S/C13H16O2/c1-13(2,3)12(15)9-6-10-4-7-11(14)8-5-10/h4-9,14H,1-3H3. The van der Waals surface area contributed by atoms with E-state index in [0.29, 0.717) is 0 Å². The summed E-state index contributed by atoms with van der Waals surface area (Å²) in [5, 5.41) is 9.07. The van der Waals surface area contributed by atoms with Gasteiger partial charge in [0.15, 0.2) is 5.78 Å². The molecule has 0 fully saturated rings. The Morgan fingerprint density at radius 2 is 1.73 bits per heavy atom. The van der Waals surface area contributed by atoms with Crippen molar-refractivity contribution in [3.05, 3.63) is 35.9 Å². The van der Waals surface area contributed by atoms with E-state index >= 15 is 0 Å². The number of hydrogen-bond acceptors (Lipinski definition) is 2. The van der Waals surface area contributed by atoms with Crippen molar-refractivity contribution in [2.75, 3.05) is 0 Å². The molecule has 1 N–H and O–H groups in total. The van der Waals surface area contributed by atoms with E-state index < -0.39 is 0 Å². The summed E-state index contributed by atoms with van der Waals surface area (Å²) in [7, 11) is 0. The van der Waals surface area contributed by atoms with Crippen LogP contribution in [0.2, 0.25) is 0 Å². The highest BCUT2D eigenvalue weighted by Gasteiger charge is 2.17. The molecule has 2 nitrogen and oxygen atoms in total. The van der Waals surface area contributed by atoms with Crippen LogP contribution in [0.15, 0.2) is 30.3 Å². The Labute approximate surface area is 90.3 Å². The topological polar surface area (TPSA) is 37.3 Å². The monoisotopic (exact) mass is 204 g/mol. The van der Waals surface area contributed by atoms with E-state index in [1.165, 1.54) is 0 Å². The average molecular weight is 204 g/mol. The molecule has 0 aliphatic carbocycles. The minimum absolute atomic E-state index is 0.0931. The summed E-state index contributed by atoms with van der Waals surface area (Å²) in [6, 6.07) is 6.73. The van der Waals surface area contributed by atoms with Gasteiger partial charge >= 0.3 is 0 Å². The van der Waals surface area contributed by atoms with Crippen LogP contribution in [-0.2, 0) is 4.79 Å². The van der Waals surface area contributed by atoms with Gasteiger partial charge in [-0.05, 0) is 23.8 Å². The molecule has 1 aromatic rings. The Hall–Kier alpha value is -1.57. The molecule has 0 aromatic heterocycles. The normalized spacial score (nSPS) is 11.9. The van der Waals surface area contributed by atoms with E-state index in [4.69, 9.17) is 5.11 Å². The zero-order valence-corrected chi connectivity index (χ0v) is 9.32. The molecule has 80 valence electrons. The molecular formula is C13H16O2. The van der Waals surface area contributed by atoms with Gasteiger partial charge in [-0.25, -0.2) is 0 Å². The summed E-state index contributed by atoms with van der Waals surface area (Å²) in [6.07, 6.45) is 3.33. The summed E-state index contributed by atoms with van der Waals surface area (Å²) < 4.78 is 0. The van der Waals surface area contributed by atoms with Crippen LogP contribution >= 0.6 is 0 Å². The first kappa shape index (κ1) is 11.5. The molecule has 0 radical (unpaired) electrons. The van der Waals surface area contributed by atoms with Gasteiger partial charge in [-0.3, -0.25) is 4.79 Å². The highest BCUT2D eigenvalue weighted by Crippen LogP contribution is 2.16. The lowest BCUT2D eigenvalue weighted by atomic mass is 9.90. The molecule has 1 aromatic carbocycles. The fraction of sp³-hybridized carbons (Fsp3) is 0.308. The predicted molar refractivity (Wildman–Crippen MR) is 61.6 cm³/mol. The van der Waals surface area contributed by atoms with Crippen molar-refractivity contribution in [2.45, 2.75) is 20.8 Å². The van der Waals surface area contributed by atoms with Crippen molar-refractivity contribution in [3.63, 3.8) is 0 Å². The van der Waals surface area contributed by atoms with Crippen LogP contribution in [0.5, 0.6) is 5.75 Å². The molecule has 0 bridgehead atoms. The van der Waals surface area contributed by atoms with Gasteiger partial charge in [0, 0.05) is 5.41 Å². The molecule has 0 heterocycles. The largest absolute Gasteiger partial charge is 0.508 e. The van der Waals surface area contributed by atoms with Crippen molar-refractivity contribution in [3.8, 4) is 5.75 Å². The summed E-state index contributed by atoms with van der Waals surface area (Å²) in [4.78, 5) is 11.6. The minimum atomic E-state index is -0.340. The maximum Gasteiger partial charge on any atom is 0.161 e. The van der Waals surface area contributed by atoms with Crippen molar-refractivity contribution >= 4 is 11.9 Å². The van der Waals surface area contributed by atoms with Gasteiger partial charge in [-0.15, -0.1) is 0 Å². The van der Waals surface area contributed by atoms with Crippen molar-refractivity contribution in [2.24, 2.45) is 5.41 Å². The number of carbonyl (C=O) groups is 1. The van der Waals surface area contributed by atoms with Gasteiger partial charge in [-0.1, -0.05) is 39.0 Å². The zero-order valence-electron chi connectivity index (χ0n) is 9.32. The maximum atomic E-state index is 11.6. The third-order valence-corrected chi connectivity index (χ3v) is 2.06. The Bertz CT molecular complexity index is 367. The van der Waals surface area contributed by atoms with Gasteiger partial charge in [0.2, 0.25) is 0 Å². The summed E-state index contributed by atoms with van der Waals surface area (Å²) >= 11 is 0. The fourth-order valence-electron chi connectivity index (χ4n) is 1.01. The smallest absolute Gasteiger partial charge is 0.161 e. The second kappa shape index (κ2) is 4.30. The maximum absolute atomic E-state index is 11.6. The van der Waals surface area contributed by atoms with Crippen LogP contribution < -0.4 is 0 Å². The molecule has 0 unspecified atom stereocenters. The Morgan fingerprint density at radius 1 is 1.20 bits per heavy atom. The second-order valence-electron chi connectivity index (χ2n) is 4.54. The van der Waals surface area contributed by atoms with Crippen LogP contribution in [0.3, 0.4) is 0 Å². The summed E-state index contributed by atoms with van der Waals surface area (Å²) in [6.45, 7) is 5.66. The average Bonchev–Trinajstić information content (AvgIpc) is 2.15. The van der Waals surface area contributed by atoms with Crippen molar-refractivity contribution < 1.29 is 9.90 Å².